The van der Waals surface area contributed by atoms with Gasteiger partial charge in [0.25, 0.3) is 0 Å². The molecule has 0 saturated heterocycles. The molecule has 0 radical (unpaired) electrons. The summed E-state index contributed by atoms with van der Waals surface area (Å²) in [6.07, 6.45) is 22.6. The van der Waals surface area contributed by atoms with Gasteiger partial charge in [-0.25, -0.2) is 0 Å². The van der Waals surface area contributed by atoms with Crippen LogP contribution in [0.1, 0.15) is 115 Å². The average molecular weight is 475 g/mol. The lowest BCUT2D eigenvalue weighted by Gasteiger charge is -2.12. The van der Waals surface area contributed by atoms with Crippen LogP contribution in [0.2, 0.25) is 0 Å². The van der Waals surface area contributed by atoms with Gasteiger partial charge in [-0.1, -0.05) is 76.5 Å². The molecule has 0 fully saturated rings. The van der Waals surface area contributed by atoms with Crippen LogP contribution >= 0.6 is 0 Å². The predicted molar refractivity (Wildman–Crippen MR) is 143 cm³/mol. The molecule has 1 aromatic carbocycles. The first-order valence-corrected chi connectivity index (χ1v) is 13.7. The topological polar surface area (TPSA) is 55.8 Å². The minimum atomic E-state index is -0.580. The van der Waals surface area contributed by atoms with E-state index in [-0.39, 0.29) is 12.2 Å². The zero-order chi connectivity index (χ0) is 24.9. The van der Waals surface area contributed by atoms with Gasteiger partial charge in [-0.3, -0.25) is 4.79 Å². The molecule has 0 aliphatic heterocycles. The number of methoxy groups -OCH3 is 2. The maximum absolute atomic E-state index is 12.2. The molecule has 194 valence electrons. The molecule has 0 bridgehead atoms. The number of carbonyl (C=O) groups excluding carboxylic acids is 1. The first-order chi connectivity index (χ1) is 16.6. The fourth-order valence-electron chi connectivity index (χ4n) is 4.23. The van der Waals surface area contributed by atoms with Crippen molar-refractivity contribution in [2.45, 2.75) is 122 Å². The standard InChI is InChI=1S/C30H50O4/c1-4-5-6-7-8-9-10-11-12-13-14-15-16-17-18-19-27(31)25-28(32)22-20-26-21-23-29(33-2)30(24-26)34-3/h11-12,21,23-24,28,32H,4-10,13-20,22,25H2,1-3H3/b12-11-/t28-/m0/s1. The number of hydrogen-bond acceptors (Lipinski definition) is 4. The van der Waals surface area contributed by atoms with E-state index in [1.807, 2.05) is 18.2 Å². The molecule has 0 saturated carbocycles. The van der Waals surface area contributed by atoms with Gasteiger partial charge < -0.3 is 14.6 Å². The summed E-state index contributed by atoms with van der Waals surface area (Å²) in [7, 11) is 3.23. The van der Waals surface area contributed by atoms with Crippen molar-refractivity contribution < 1.29 is 19.4 Å². The number of aliphatic hydroxyl groups excluding tert-OH is 1. The Morgan fingerprint density at radius 1 is 0.853 bits per heavy atom. The second-order valence-electron chi connectivity index (χ2n) is 9.46. The summed E-state index contributed by atoms with van der Waals surface area (Å²) in [5.41, 5.74) is 1.07. The normalized spacial score (nSPS) is 12.2. The molecular weight excluding hydrogens is 424 g/mol. The molecule has 4 nitrogen and oxygen atoms in total. The second-order valence-corrected chi connectivity index (χ2v) is 9.46. The van der Waals surface area contributed by atoms with E-state index < -0.39 is 6.10 Å². The highest BCUT2D eigenvalue weighted by Gasteiger charge is 2.12. The molecule has 1 rings (SSSR count). The molecule has 34 heavy (non-hydrogen) atoms. The Morgan fingerprint density at radius 2 is 1.44 bits per heavy atom. The zero-order valence-corrected chi connectivity index (χ0v) is 22.2. The van der Waals surface area contributed by atoms with Crippen LogP contribution in [0.25, 0.3) is 0 Å². The van der Waals surface area contributed by atoms with Crippen molar-refractivity contribution >= 4 is 5.78 Å². The summed E-state index contributed by atoms with van der Waals surface area (Å²) in [6.45, 7) is 2.26. The van der Waals surface area contributed by atoms with Crippen molar-refractivity contribution in [2.24, 2.45) is 0 Å². The van der Waals surface area contributed by atoms with E-state index >= 15 is 0 Å². The third kappa shape index (κ3) is 15.2. The predicted octanol–water partition coefficient (Wildman–Crippen LogP) is 7.99. The van der Waals surface area contributed by atoms with Gasteiger partial charge in [0.05, 0.1) is 20.3 Å². The third-order valence-corrected chi connectivity index (χ3v) is 6.39. The Labute approximate surface area is 209 Å². The largest absolute Gasteiger partial charge is 0.493 e. The molecule has 0 spiro atoms. The van der Waals surface area contributed by atoms with Gasteiger partial charge in [0.15, 0.2) is 11.5 Å². The lowest BCUT2D eigenvalue weighted by atomic mass is 10.0. The van der Waals surface area contributed by atoms with Gasteiger partial charge in [-0.15, -0.1) is 0 Å². The summed E-state index contributed by atoms with van der Waals surface area (Å²) in [6, 6.07) is 5.78. The average Bonchev–Trinajstić information content (AvgIpc) is 2.84. The number of ketones is 1. The number of aliphatic hydroxyl groups is 1. The summed E-state index contributed by atoms with van der Waals surface area (Å²) < 4.78 is 10.6. The Hall–Kier alpha value is -1.81. The highest BCUT2D eigenvalue weighted by atomic mass is 16.5. The SMILES string of the molecule is CCCCCCCC/C=C\CCCCCCCC(=O)C[C@@H](O)CCc1ccc(OC)c(OC)c1. The van der Waals surface area contributed by atoms with Crippen molar-refractivity contribution in [3.8, 4) is 11.5 Å². The smallest absolute Gasteiger partial charge is 0.160 e. The first-order valence-electron chi connectivity index (χ1n) is 13.7. The molecule has 0 aliphatic carbocycles. The third-order valence-electron chi connectivity index (χ3n) is 6.39. The van der Waals surface area contributed by atoms with Crippen LogP contribution in [-0.4, -0.2) is 31.2 Å². The monoisotopic (exact) mass is 474 g/mol. The molecule has 0 heterocycles. The van der Waals surface area contributed by atoms with Crippen LogP contribution in [0.4, 0.5) is 0 Å². The number of allylic oxidation sites excluding steroid dienone is 2. The van der Waals surface area contributed by atoms with Crippen LogP contribution in [0.3, 0.4) is 0 Å². The van der Waals surface area contributed by atoms with Crippen LogP contribution in [0.15, 0.2) is 30.4 Å². The van der Waals surface area contributed by atoms with E-state index in [9.17, 15) is 9.90 Å². The Bertz CT molecular complexity index is 668. The Morgan fingerprint density at radius 3 is 2.06 bits per heavy atom. The zero-order valence-electron chi connectivity index (χ0n) is 22.2. The molecule has 1 aromatic rings. The van der Waals surface area contributed by atoms with Gasteiger partial charge in [0.1, 0.15) is 5.78 Å². The number of rotatable bonds is 22. The molecule has 0 amide bonds. The quantitative estimate of drug-likeness (QED) is 0.137. The second kappa shape index (κ2) is 20.6. The number of ether oxygens (including phenoxy) is 2. The van der Waals surface area contributed by atoms with Gasteiger partial charge in [-0.2, -0.15) is 0 Å². The van der Waals surface area contributed by atoms with E-state index in [2.05, 4.69) is 19.1 Å². The summed E-state index contributed by atoms with van der Waals surface area (Å²) >= 11 is 0. The van der Waals surface area contributed by atoms with Gasteiger partial charge in [0, 0.05) is 12.8 Å². The van der Waals surface area contributed by atoms with Gasteiger partial charge in [-0.05, 0) is 62.6 Å². The fraction of sp³-hybridized carbons (Fsp3) is 0.700. The first kappa shape index (κ1) is 30.2. The molecule has 0 aromatic heterocycles. The number of carbonyl (C=O) groups is 1. The highest BCUT2D eigenvalue weighted by Crippen LogP contribution is 2.28. The van der Waals surface area contributed by atoms with Crippen LogP contribution in [0.5, 0.6) is 11.5 Å². The minimum absolute atomic E-state index is 0.178. The van der Waals surface area contributed by atoms with Crippen molar-refractivity contribution in [1.29, 1.82) is 0 Å². The van der Waals surface area contributed by atoms with Crippen LogP contribution < -0.4 is 9.47 Å². The van der Waals surface area contributed by atoms with E-state index in [4.69, 9.17) is 9.47 Å². The van der Waals surface area contributed by atoms with E-state index in [0.29, 0.717) is 30.8 Å². The minimum Gasteiger partial charge on any atom is -0.493 e. The van der Waals surface area contributed by atoms with Gasteiger partial charge >= 0.3 is 0 Å². The molecular formula is C30H50O4. The van der Waals surface area contributed by atoms with Crippen molar-refractivity contribution in [3.63, 3.8) is 0 Å². The van der Waals surface area contributed by atoms with E-state index in [0.717, 1.165) is 18.4 Å². The summed E-state index contributed by atoms with van der Waals surface area (Å²) in [4.78, 5) is 12.2. The lowest BCUT2D eigenvalue weighted by molar-refractivity contribution is -0.121. The van der Waals surface area contributed by atoms with Gasteiger partial charge in [0.2, 0.25) is 0 Å². The summed E-state index contributed by atoms with van der Waals surface area (Å²) in [5.74, 6) is 1.56. The van der Waals surface area contributed by atoms with Crippen LogP contribution in [0, 0.1) is 0 Å². The molecule has 1 N–H and O–H groups in total. The van der Waals surface area contributed by atoms with Crippen molar-refractivity contribution in [2.75, 3.05) is 14.2 Å². The fourth-order valence-corrected chi connectivity index (χ4v) is 4.23. The molecule has 1 atom stereocenters. The number of benzene rings is 1. The van der Waals surface area contributed by atoms with E-state index in [1.54, 1.807) is 14.2 Å². The maximum Gasteiger partial charge on any atom is 0.160 e. The van der Waals surface area contributed by atoms with Crippen molar-refractivity contribution in [3.05, 3.63) is 35.9 Å². The van der Waals surface area contributed by atoms with E-state index in [1.165, 1.54) is 70.6 Å². The number of unbranched alkanes of at least 4 members (excludes halogenated alkanes) is 11. The lowest BCUT2D eigenvalue weighted by Crippen LogP contribution is -2.14. The molecule has 0 unspecified atom stereocenters. The van der Waals surface area contributed by atoms with Crippen LogP contribution in [-0.2, 0) is 11.2 Å². The Balaban J connectivity index is 1.99. The number of Topliss-reactive ketones (excluding diaryl/α,β-unsaturated/α-hetero) is 1. The molecule has 4 heteroatoms. The van der Waals surface area contributed by atoms with Crippen molar-refractivity contribution in [1.82, 2.24) is 0 Å². The number of hydrogen-bond donors (Lipinski definition) is 1. The number of aryl methyl sites for hydroxylation is 1. The molecule has 0 aliphatic rings. The Kier molecular flexibility index (Phi) is 18.3. The highest BCUT2D eigenvalue weighted by molar-refractivity contribution is 5.78. The summed E-state index contributed by atoms with van der Waals surface area (Å²) in [5, 5.41) is 10.3. The maximum atomic E-state index is 12.2.